The predicted octanol–water partition coefficient (Wildman–Crippen LogP) is 4.08. The molecule has 140 valence electrons. The number of aromatic amines is 1. The summed E-state index contributed by atoms with van der Waals surface area (Å²) in [6.07, 6.45) is 3.06. The first-order valence-electron chi connectivity index (χ1n) is 8.51. The molecular weight excluding hydrogens is 457 g/mol. The van der Waals surface area contributed by atoms with Gasteiger partial charge in [0.15, 0.2) is 5.96 Å². The number of thiazole rings is 1. The molecule has 2 aromatic heterocycles. The fraction of sp³-hybridized carbons (Fsp3) is 0.368. The van der Waals surface area contributed by atoms with Gasteiger partial charge in [-0.1, -0.05) is 12.1 Å². The third-order valence-corrected chi connectivity index (χ3v) is 5.40. The Bertz CT molecular complexity index is 897. The van der Waals surface area contributed by atoms with Crippen molar-refractivity contribution in [1.29, 1.82) is 0 Å². The largest absolute Gasteiger partial charge is 0.361 e. The molecule has 0 fully saturated rings. The number of rotatable bonds is 5. The van der Waals surface area contributed by atoms with Crippen molar-refractivity contribution in [3.63, 3.8) is 0 Å². The van der Waals surface area contributed by atoms with Crippen LogP contribution in [-0.2, 0) is 13.0 Å². The molecule has 0 bridgehead atoms. The van der Waals surface area contributed by atoms with Crippen molar-refractivity contribution in [3.8, 4) is 0 Å². The van der Waals surface area contributed by atoms with Gasteiger partial charge in [-0.05, 0) is 44.4 Å². The highest BCUT2D eigenvalue weighted by atomic mass is 127. The van der Waals surface area contributed by atoms with Gasteiger partial charge in [-0.15, -0.1) is 35.3 Å². The number of H-pyrrole nitrogens is 1. The number of hydrogen-bond donors (Lipinski definition) is 3. The van der Waals surface area contributed by atoms with Crippen LogP contribution in [-0.4, -0.2) is 29.5 Å². The molecule has 3 N–H and O–H groups in total. The zero-order chi connectivity index (χ0) is 17.8. The van der Waals surface area contributed by atoms with Crippen LogP contribution in [0.25, 0.3) is 10.9 Å². The van der Waals surface area contributed by atoms with Crippen LogP contribution < -0.4 is 10.6 Å². The van der Waals surface area contributed by atoms with E-state index in [4.69, 9.17) is 0 Å². The first-order valence-corrected chi connectivity index (χ1v) is 9.33. The van der Waals surface area contributed by atoms with Crippen LogP contribution in [0.3, 0.4) is 0 Å². The van der Waals surface area contributed by atoms with Crippen LogP contribution in [0.5, 0.6) is 0 Å². The lowest BCUT2D eigenvalue weighted by molar-refractivity contribution is 0.798. The van der Waals surface area contributed by atoms with Gasteiger partial charge in [-0.25, -0.2) is 4.98 Å². The topological polar surface area (TPSA) is 65.1 Å². The van der Waals surface area contributed by atoms with Crippen molar-refractivity contribution in [2.75, 3.05) is 13.6 Å². The van der Waals surface area contributed by atoms with Gasteiger partial charge in [0.25, 0.3) is 0 Å². The molecule has 1 aromatic carbocycles. The fourth-order valence-corrected chi connectivity index (χ4v) is 3.96. The van der Waals surface area contributed by atoms with E-state index in [2.05, 4.69) is 63.8 Å². The second-order valence-electron chi connectivity index (χ2n) is 6.16. The number of benzene rings is 1. The van der Waals surface area contributed by atoms with E-state index in [0.29, 0.717) is 0 Å². The summed E-state index contributed by atoms with van der Waals surface area (Å²) in [5.41, 5.74) is 4.95. The van der Waals surface area contributed by atoms with Crippen molar-refractivity contribution in [1.82, 2.24) is 20.6 Å². The summed E-state index contributed by atoms with van der Waals surface area (Å²) in [5.74, 6) is 0.821. The lowest BCUT2D eigenvalue weighted by atomic mass is 10.1. The number of aromatic nitrogens is 2. The third kappa shape index (κ3) is 4.76. The molecule has 3 rings (SSSR count). The Morgan fingerprint density at radius 1 is 1.23 bits per heavy atom. The first kappa shape index (κ1) is 20.7. The van der Waals surface area contributed by atoms with Crippen LogP contribution >= 0.6 is 35.3 Å². The maximum Gasteiger partial charge on any atom is 0.191 e. The highest BCUT2D eigenvalue weighted by Gasteiger charge is 2.08. The molecule has 0 aliphatic heterocycles. The Balaban J connectivity index is 0.00000243. The Morgan fingerprint density at radius 3 is 2.73 bits per heavy atom. The summed E-state index contributed by atoms with van der Waals surface area (Å²) < 4.78 is 0. The molecule has 0 saturated heterocycles. The van der Waals surface area contributed by atoms with Crippen molar-refractivity contribution in [2.45, 2.75) is 33.7 Å². The van der Waals surface area contributed by atoms with E-state index in [0.717, 1.165) is 36.2 Å². The molecule has 2 heterocycles. The third-order valence-electron chi connectivity index (χ3n) is 4.32. The summed E-state index contributed by atoms with van der Waals surface area (Å²) in [7, 11) is 1.80. The first-order chi connectivity index (χ1) is 12.1. The summed E-state index contributed by atoms with van der Waals surface area (Å²) in [4.78, 5) is 13.4. The van der Waals surface area contributed by atoms with Gasteiger partial charge in [-0.3, -0.25) is 4.99 Å². The molecule has 0 unspecified atom stereocenters. The van der Waals surface area contributed by atoms with Gasteiger partial charge in [-0.2, -0.15) is 0 Å². The monoisotopic (exact) mass is 483 g/mol. The highest BCUT2D eigenvalue weighted by Crippen LogP contribution is 2.22. The number of nitrogens with one attached hydrogen (secondary N) is 3. The van der Waals surface area contributed by atoms with Gasteiger partial charge in [0.05, 0.1) is 17.2 Å². The van der Waals surface area contributed by atoms with E-state index >= 15 is 0 Å². The molecular formula is C19H26IN5S. The second-order valence-corrected chi connectivity index (χ2v) is 7.44. The van der Waals surface area contributed by atoms with Gasteiger partial charge in [0.1, 0.15) is 0 Å². The summed E-state index contributed by atoms with van der Waals surface area (Å²) in [6, 6.07) is 6.37. The summed E-state index contributed by atoms with van der Waals surface area (Å²) in [5, 5.41) is 9.21. The quantitative estimate of drug-likeness (QED) is 0.291. The minimum absolute atomic E-state index is 0. The Kier molecular flexibility index (Phi) is 7.45. The number of guanidine groups is 1. The minimum atomic E-state index is 0. The second kappa shape index (κ2) is 9.36. The highest BCUT2D eigenvalue weighted by molar-refractivity contribution is 14.0. The molecule has 0 aliphatic rings. The normalized spacial score (nSPS) is 11.5. The smallest absolute Gasteiger partial charge is 0.191 e. The van der Waals surface area contributed by atoms with Crippen molar-refractivity contribution in [3.05, 3.63) is 51.1 Å². The van der Waals surface area contributed by atoms with E-state index < -0.39 is 0 Å². The molecule has 0 saturated carbocycles. The van der Waals surface area contributed by atoms with Crippen LogP contribution in [0.1, 0.15) is 26.7 Å². The van der Waals surface area contributed by atoms with Crippen molar-refractivity contribution in [2.24, 2.45) is 4.99 Å². The van der Waals surface area contributed by atoms with E-state index in [1.165, 1.54) is 26.9 Å². The summed E-state index contributed by atoms with van der Waals surface area (Å²) >= 11 is 1.73. The lowest BCUT2D eigenvalue weighted by Gasteiger charge is -2.11. The van der Waals surface area contributed by atoms with Gasteiger partial charge in [0, 0.05) is 35.6 Å². The van der Waals surface area contributed by atoms with Crippen molar-refractivity contribution < 1.29 is 0 Å². The zero-order valence-corrected chi connectivity index (χ0v) is 18.8. The van der Waals surface area contributed by atoms with E-state index in [1.54, 1.807) is 18.4 Å². The molecule has 7 heteroatoms. The molecule has 3 aromatic rings. The molecule has 26 heavy (non-hydrogen) atoms. The molecule has 0 atom stereocenters. The van der Waals surface area contributed by atoms with E-state index in [-0.39, 0.29) is 24.0 Å². The average molecular weight is 483 g/mol. The van der Waals surface area contributed by atoms with Gasteiger partial charge < -0.3 is 15.6 Å². The number of hydrogen-bond acceptors (Lipinski definition) is 3. The lowest BCUT2D eigenvalue weighted by Crippen LogP contribution is -2.37. The number of aliphatic imine (C=N–C) groups is 1. The summed E-state index contributed by atoms with van der Waals surface area (Å²) in [6.45, 7) is 7.84. The van der Waals surface area contributed by atoms with Crippen LogP contribution in [0.4, 0.5) is 0 Å². The maximum atomic E-state index is 4.46. The van der Waals surface area contributed by atoms with E-state index in [9.17, 15) is 0 Å². The van der Waals surface area contributed by atoms with Crippen LogP contribution in [0, 0.1) is 20.8 Å². The number of halogens is 1. The predicted molar refractivity (Wildman–Crippen MR) is 122 cm³/mol. The van der Waals surface area contributed by atoms with E-state index in [1.807, 2.05) is 6.92 Å². The van der Waals surface area contributed by atoms with Gasteiger partial charge >= 0.3 is 0 Å². The standard InChI is InChI=1S/C19H25N5S.HI/c1-12-6-5-7-16-18(12)15(10-22-16)8-9-21-19(20-4)23-11-17-13(2)24-14(3)25-17;/h5-7,10,22H,8-9,11H2,1-4H3,(H2,20,21,23);1H. The van der Waals surface area contributed by atoms with Crippen molar-refractivity contribution >= 4 is 52.2 Å². The van der Waals surface area contributed by atoms with Gasteiger partial charge in [0.2, 0.25) is 0 Å². The number of fused-ring (bicyclic) bond motifs is 1. The van der Waals surface area contributed by atoms with Crippen LogP contribution in [0.15, 0.2) is 29.4 Å². The maximum absolute atomic E-state index is 4.46. The Labute approximate surface area is 175 Å². The minimum Gasteiger partial charge on any atom is -0.361 e. The molecule has 0 aliphatic carbocycles. The zero-order valence-electron chi connectivity index (χ0n) is 15.6. The Morgan fingerprint density at radius 2 is 2.04 bits per heavy atom. The fourth-order valence-electron chi connectivity index (χ4n) is 3.09. The average Bonchev–Trinajstić information content (AvgIpc) is 3.14. The molecule has 5 nitrogen and oxygen atoms in total. The molecule has 0 spiro atoms. The molecule has 0 amide bonds. The Hall–Kier alpha value is -1.61. The molecule has 0 radical (unpaired) electrons. The number of aryl methyl sites for hydroxylation is 3. The SMILES string of the molecule is CN=C(NCCc1c[nH]c2cccc(C)c12)NCc1sc(C)nc1C.I. The van der Waals surface area contributed by atoms with Crippen LogP contribution in [0.2, 0.25) is 0 Å². The number of nitrogens with zero attached hydrogens (tertiary/aromatic N) is 2.